The molecule has 178 valence electrons. The van der Waals surface area contributed by atoms with E-state index in [1.54, 1.807) is 30.7 Å². The molecule has 4 rings (SSSR count). The van der Waals surface area contributed by atoms with Gasteiger partial charge in [-0.1, -0.05) is 12.1 Å². The van der Waals surface area contributed by atoms with Crippen LogP contribution >= 0.6 is 0 Å². The first-order valence-corrected chi connectivity index (χ1v) is 10.1. The lowest BCUT2D eigenvalue weighted by Gasteiger charge is -1.93. The molecule has 2 aromatic carbocycles. The summed E-state index contributed by atoms with van der Waals surface area (Å²) in [5.41, 5.74) is 7.58. The van der Waals surface area contributed by atoms with Crippen molar-refractivity contribution in [3.05, 3.63) is 135 Å². The van der Waals surface area contributed by atoms with E-state index in [0.29, 0.717) is 12.2 Å². The van der Waals surface area contributed by atoms with Gasteiger partial charge in [0.2, 0.25) is 0 Å². The normalized spacial score (nSPS) is 9.89. The Balaban J connectivity index is 0.000000204. The van der Waals surface area contributed by atoms with E-state index < -0.39 is 15.7 Å². The van der Waals surface area contributed by atoms with Crippen LogP contribution in [0.1, 0.15) is 11.4 Å². The molecule has 2 N–H and O–H groups in total. The van der Waals surface area contributed by atoms with Crippen LogP contribution < -0.4 is 5.73 Å². The number of rotatable bonds is 5. The van der Waals surface area contributed by atoms with Gasteiger partial charge in [-0.3, -0.25) is 35.2 Å². The molecule has 0 saturated heterocycles. The van der Waals surface area contributed by atoms with Gasteiger partial charge in [-0.05, 0) is 48.5 Å². The van der Waals surface area contributed by atoms with Crippen LogP contribution in [0.4, 0.5) is 21.5 Å². The van der Waals surface area contributed by atoms with Gasteiger partial charge in [-0.15, -0.1) is 0 Å². The molecule has 0 spiro atoms. The maximum absolute atomic E-state index is 12.1. The average molecular weight is 476 g/mol. The molecule has 0 amide bonds. The standard InChI is InChI=1S/C12H9N3O2.C6H4FNO2.C6H8N2/c16-15(17)12-6-4-10(5-7-12)14-9-11-3-1-2-8-13-11;7-5-1-3-6(4-2-5)8(9)10;7-5-6-3-1-2-4-8-6/h1-9H;1-4H;1-4H,5,7H2. The third-order valence-corrected chi connectivity index (χ3v) is 4.07. The van der Waals surface area contributed by atoms with Crippen molar-refractivity contribution in [3.63, 3.8) is 0 Å². The van der Waals surface area contributed by atoms with Crippen molar-refractivity contribution < 1.29 is 14.2 Å². The summed E-state index contributed by atoms with van der Waals surface area (Å²) < 4.78 is 12.1. The number of nitrogens with two attached hydrogens (primary N) is 1. The van der Waals surface area contributed by atoms with Crippen molar-refractivity contribution in [1.29, 1.82) is 0 Å². The van der Waals surface area contributed by atoms with Crippen LogP contribution in [0.5, 0.6) is 0 Å². The highest BCUT2D eigenvalue weighted by Gasteiger charge is 2.03. The van der Waals surface area contributed by atoms with Crippen molar-refractivity contribution in [2.75, 3.05) is 0 Å². The molecule has 0 aliphatic rings. The highest BCUT2D eigenvalue weighted by atomic mass is 19.1. The Bertz CT molecular complexity index is 1220. The summed E-state index contributed by atoms with van der Waals surface area (Å²) >= 11 is 0. The molecular formula is C24H21FN6O4. The van der Waals surface area contributed by atoms with E-state index in [1.807, 2.05) is 36.4 Å². The SMILES string of the molecule is NCc1ccccn1.O=[N+]([O-])c1ccc(F)cc1.O=[N+]([O-])c1ccc(N=Cc2ccccn2)cc1. The van der Waals surface area contributed by atoms with Gasteiger partial charge < -0.3 is 5.73 Å². The number of hydrogen-bond donors (Lipinski definition) is 1. The van der Waals surface area contributed by atoms with Crippen LogP contribution in [0, 0.1) is 26.0 Å². The fourth-order valence-corrected chi connectivity index (χ4v) is 2.34. The molecule has 0 unspecified atom stereocenters. The summed E-state index contributed by atoms with van der Waals surface area (Å²) in [5.74, 6) is -0.467. The van der Waals surface area contributed by atoms with Crippen LogP contribution in [-0.2, 0) is 6.54 Å². The van der Waals surface area contributed by atoms with E-state index in [1.165, 1.54) is 12.1 Å². The number of hydrogen-bond acceptors (Lipinski definition) is 8. The summed E-state index contributed by atoms with van der Waals surface area (Å²) in [5, 5.41) is 20.4. The van der Waals surface area contributed by atoms with Crippen LogP contribution in [0.2, 0.25) is 0 Å². The van der Waals surface area contributed by atoms with E-state index >= 15 is 0 Å². The van der Waals surface area contributed by atoms with Gasteiger partial charge in [0.1, 0.15) is 5.82 Å². The summed E-state index contributed by atoms with van der Waals surface area (Å²) in [6.45, 7) is 0.529. The van der Waals surface area contributed by atoms with Crippen molar-refractivity contribution in [3.8, 4) is 0 Å². The fourth-order valence-electron chi connectivity index (χ4n) is 2.34. The predicted octanol–water partition coefficient (Wildman–Crippen LogP) is 5.01. The molecule has 2 heterocycles. The molecule has 0 aliphatic carbocycles. The van der Waals surface area contributed by atoms with E-state index in [4.69, 9.17) is 5.73 Å². The van der Waals surface area contributed by atoms with Gasteiger partial charge in [-0.2, -0.15) is 0 Å². The van der Waals surface area contributed by atoms with E-state index in [-0.39, 0.29) is 11.4 Å². The van der Waals surface area contributed by atoms with Crippen LogP contribution in [0.25, 0.3) is 0 Å². The lowest BCUT2D eigenvalue weighted by molar-refractivity contribution is -0.385. The number of non-ortho nitro benzene ring substituents is 2. The lowest BCUT2D eigenvalue weighted by atomic mass is 10.3. The topological polar surface area (TPSA) is 150 Å². The molecule has 2 aromatic heterocycles. The van der Waals surface area contributed by atoms with Gasteiger partial charge in [0.15, 0.2) is 0 Å². The average Bonchev–Trinajstić information content (AvgIpc) is 2.90. The first-order valence-electron chi connectivity index (χ1n) is 10.1. The zero-order valence-corrected chi connectivity index (χ0v) is 18.3. The molecule has 11 heteroatoms. The molecule has 35 heavy (non-hydrogen) atoms. The quantitative estimate of drug-likeness (QED) is 0.241. The Morgan fingerprint density at radius 2 is 1.34 bits per heavy atom. The minimum absolute atomic E-state index is 0.0572. The minimum Gasteiger partial charge on any atom is -0.325 e. The Hall–Kier alpha value is -4.90. The zero-order valence-electron chi connectivity index (χ0n) is 18.3. The second kappa shape index (κ2) is 14.3. The molecule has 0 fully saturated rings. The van der Waals surface area contributed by atoms with Crippen molar-refractivity contribution in [2.45, 2.75) is 6.54 Å². The Kier molecular flexibility index (Phi) is 10.8. The molecule has 0 atom stereocenters. The Labute approximate surface area is 199 Å². The molecule has 4 aromatic rings. The highest BCUT2D eigenvalue weighted by molar-refractivity contribution is 5.79. The second-order valence-electron chi connectivity index (χ2n) is 6.55. The molecule has 10 nitrogen and oxygen atoms in total. The minimum atomic E-state index is -0.570. The molecule has 0 saturated carbocycles. The van der Waals surface area contributed by atoms with E-state index in [2.05, 4.69) is 15.0 Å². The first-order chi connectivity index (χ1) is 16.9. The van der Waals surface area contributed by atoms with Crippen LogP contribution in [0.15, 0.2) is 102 Å². The first kappa shape index (κ1) is 26.4. The monoisotopic (exact) mass is 476 g/mol. The number of aliphatic imine (C=N–C) groups is 1. The number of benzene rings is 2. The Morgan fingerprint density at radius 3 is 1.77 bits per heavy atom. The number of nitrogens with zero attached hydrogens (tertiary/aromatic N) is 5. The third kappa shape index (κ3) is 10.1. The van der Waals surface area contributed by atoms with Crippen LogP contribution in [-0.4, -0.2) is 26.0 Å². The molecular weight excluding hydrogens is 455 g/mol. The summed E-state index contributed by atoms with van der Waals surface area (Å²) in [6.07, 6.45) is 5.03. The number of aromatic nitrogens is 2. The maximum Gasteiger partial charge on any atom is 0.269 e. The summed E-state index contributed by atoms with van der Waals surface area (Å²) in [7, 11) is 0. The largest absolute Gasteiger partial charge is 0.325 e. The Morgan fingerprint density at radius 1 is 0.800 bits per heavy atom. The smallest absolute Gasteiger partial charge is 0.269 e. The van der Waals surface area contributed by atoms with Crippen molar-refractivity contribution in [2.24, 2.45) is 10.7 Å². The maximum atomic E-state index is 12.1. The number of pyridine rings is 2. The van der Waals surface area contributed by atoms with E-state index in [0.717, 1.165) is 35.7 Å². The fraction of sp³-hybridized carbons (Fsp3) is 0.0417. The third-order valence-electron chi connectivity index (χ3n) is 4.07. The second-order valence-corrected chi connectivity index (χ2v) is 6.55. The highest BCUT2D eigenvalue weighted by Crippen LogP contribution is 2.17. The summed E-state index contributed by atoms with van der Waals surface area (Å²) in [6, 6.07) is 21.6. The van der Waals surface area contributed by atoms with Crippen LogP contribution in [0.3, 0.4) is 0 Å². The van der Waals surface area contributed by atoms with Crippen molar-refractivity contribution in [1.82, 2.24) is 9.97 Å². The molecule has 0 radical (unpaired) electrons. The molecule has 0 bridgehead atoms. The van der Waals surface area contributed by atoms with E-state index in [9.17, 15) is 24.6 Å². The molecule has 0 aliphatic heterocycles. The zero-order chi connectivity index (χ0) is 25.5. The predicted molar refractivity (Wildman–Crippen MR) is 130 cm³/mol. The van der Waals surface area contributed by atoms with Gasteiger partial charge >= 0.3 is 0 Å². The van der Waals surface area contributed by atoms with Gasteiger partial charge in [0.05, 0.1) is 33.1 Å². The number of nitro benzene ring substituents is 2. The van der Waals surface area contributed by atoms with Gasteiger partial charge in [-0.25, -0.2) is 4.39 Å². The lowest BCUT2D eigenvalue weighted by Crippen LogP contribution is -1.97. The summed E-state index contributed by atoms with van der Waals surface area (Å²) in [4.78, 5) is 31.7. The van der Waals surface area contributed by atoms with Gasteiger partial charge in [0, 0.05) is 43.2 Å². The van der Waals surface area contributed by atoms with Gasteiger partial charge in [0.25, 0.3) is 11.4 Å². The van der Waals surface area contributed by atoms with Crippen molar-refractivity contribution >= 4 is 23.3 Å². The number of nitro groups is 2. The number of halogens is 1.